The minimum absolute atomic E-state index is 0.0812. The Morgan fingerprint density at radius 2 is 1.86 bits per heavy atom. The van der Waals surface area contributed by atoms with Gasteiger partial charge in [-0.05, 0) is 32.8 Å². The molecule has 0 N–H and O–H groups in total. The van der Waals surface area contributed by atoms with E-state index in [9.17, 15) is 19.7 Å². The number of imide groups is 1. The van der Waals surface area contributed by atoms with Crippen LogP contribution >= 0.6 is 0 Å². The molecule has 1 heterocycles. The van der Waals surface area contributed by atoms with Gasteiger partial charge in [-0.15, -0.1) is 0 Å². The lowest BCUT2D eigenvalue weighted by atomic mass is 9.82. The first-order valence-electron chi connectivity index (χ1n) is 7.18. The van der Waals surface area contributed by atoms with Gasteiger partial charge in [0.05, 0.1) is 22.4 Å². The van der Waals surface area contributed by atoms with Crippen LogP contribution < -0.4 is 4.90 Å². The number of aryl methyl sites for hydroxylation is 1. The molecule has 2 unspecified atom stereocenters. The lowest BCUT2D eigenvalue weighted by molar-refractivity contribution is -0.385. The third-order valence-corrected chi connectivity index (χ3v) is 4.47. The van der Waals surface area contributed by atoms with Gasteiger partial charge in [0.25, 0.3) is 5.69 Å². The van der Waals surface area contributed by atoms with Crippen LogP contribution in [0.25, 0.3) is 0 Å². The molecule has 0 bridgehead atoms. The zero-order valence-electron chi connectivity index (χ0n) is 12.4. The summed E-state index contributed by atoms with van der Waals surface area (Å²) >= 11 is 0. The number of benzene rings is 1. The molecule has 1 aromatic rings. The van der Waals surface area contributed by atoms with Gasteiger partial charge in [-0.1, -0.05) is 17.7 Å². The van der Waals surface area contributed by atoms with Crippen molar-refractivity contribution in [2.24, 2.45) is 11.8 Å². The standard InChI is InChI=1S/C16H16N2O4/c1-9-3-6-12-13(7-9)16(20)17(15(12)19)11-5-4-10(2)14(8-11)18(21)22/h3-5,8,12-13H,6-7H2,1-2H3. The molecule has 1 fully saturated rings. The fourth-order valence-electron chi connectivity index (χ4n) is 3.23. The van der Waals surface area contributed by atoms with Gasteiger partial charge in [0.15, 0.2) is 0 Å². The molecule has 0 saturated carbocycles. The summed E-state index contributed by atoms with van der Waals surface area (Å²) in [5, 5.41) is 11.1. The van der Waals surface area contributed by atoms with Crippen LogP contribution in [0.2, 0.25) is 0 Å². The van der Waals surface area contributed by atoms with Crippen LogP contribution in [-0.2, 0) is 9.59 Å². The quantitative estimate of drug-likeness (QED) is 0.364. The molecule has 1 aliphatic heterocycles. The zero-order valence-corrected chi connectivity index (χ0v) is 12.4. The maximum Gasteiger partial charge on any atom is 0.274 e. The summed E-state index contributed by atoms with van der Waals surface area (Å²) in [6, 6.07) is 4.47. The number of hydrogen-bond acceptors (Lipinski definition) is 4. The minimum atomic E-state index is -0.497. The second-order valence-electron chi connectivity index (χ2n) is 5.94. The highest BCUT2D eigenvalue weighted by molar-refractivity contribution is 6.22. The number of carbonyl (C=O) groups excluding carboxylic acids is 2. The molecular formula is C16H16N2O4. The number of carbonyl (C=O) groups is 2. The summed E-state index contributed by atoms with van der Waals surface area (Å²) in [5.41, 5.74) is 1.82. The van der Waals surface area contributed by atoms with Gasteiger partial charge in [-0.2, -0.15) is 0 Å². The number of amides is 2. The average molecular weight is 300 g/mol. The van der Waals surface area contributed by atoms with Crippen LogP contribution in [0.1, 0.15) is 25.3 Å². The van der Waals surface area contributed by atoms with Gasteiger partial charge in [-0.3, -0.25) is 19.7 Å². The maximum atomic E-state index is 12.6. The first kappa shape index (κ1) is 14.4. The van der Waals surface area contributed by atoms with E-state index >= 15 is 0 Å². The Hall–Kier alpha value is -2.50. The second-order valence-corrected chi connectivity index (χ2v) is 5.94. The summed E-state index contributed by atoms with van der Waals surface area (Å²) in [7, 11) is 0. The monoisotopic (exact) mass is 300 g/mol. The predicted molar refractivity (Wildman–Crippen MR) is 80.3 cm³/mol. The van der Waals surface area contributed by atoms with Gasteiger partial charge < -0.3 is 0 Å². The third-order valence-electron chi connectivity index (χ3n) is 4.47. The highest BCUT2D eigenvalue weighted by atomic mass is 16.6. The Bertz CT molecular complexity index is 723. The number of nitro groups is 1. The summed E-state index contributed by atoms with van der Waals surface area (Å²) in [4.78, 5) is 36.8. The van der Waals surface area contributed by atoms with Gasteiger partial charge in [0, 0.05) is 11.6 Å². The second kappa shape index (κ2) is 5.05. The van der Waals surface area contributed by atoms with Crippen molar-refractivity contribution < 1.29 is 14.5 Å². The molecule has 1 saturated heterocycles. The molecule has 0 radical (unpaired) electrons. The van der Waals surface area contributed by atoms with E-state index in [2.05, 4.69) is 0 Å². The Morgan fingerprint density at radius 3 is 2.55 bits per heavy atom. The molecule has 0 aromatic heterocycles. The van der Waals surface area contributed by atoms with E-state index in [-0.39, 0.29) is 29.3 Å². The van der Waals surface area contributed by atoms with Crippen LogP contribution in [0.4, 0.5) is 11.4 Å². The fourth-order valence-corrected chi connectivity index (χ4v) is 3.23. The lowest BCUT2D eigenvalue weighted by Crippen LogP contribution is -2.30. The van der Waals surface area contributed by atoms with E-state index in [0.29, 0.717) is 24.1 Å². The number of anilines is 1. The van der Waals surface area contributed by atoms with Crippen molar-refractivity contribution in [1.82, 2.24) is 0 Å². The van der Waals surface area contributed by atoms with Crippen LogP contribution in [0.3, 0.4) is 0 Å². The van der Waals surface area contributed by atoms with Crippen molar-refractivity contribution in [3.8, 4) is 0 Å². The third kappa shape index (κ3) is 2.11. The van der Waals surface area contributed by atoms with E-state index in [0.717, 1.165) is 10.5 Å². The van der Waals surface area contributed by atoms with Crippen LogP contribution in [0, 0.1) is 28.9 Å². The molecule has 3 rings (SSSR count). The van der Waals surface area contributed by atoms with Gasteiger partial charge >= 0.3 is 0 Å². The molecule has 6 nitrogen and oxygen atoms in total. The number of rotatable bonds is 2. The number of hydrogen-bond donors (Lipinski definition) is 0. The van der Waals surface area contributed by atoms with Crippen molar-refractivity contribution in [3.63, 3.8) is 0 Å². The summed E-state index contributed by atoms with van der Waals surface area (Å²) in [5.74, 6) is -1.17. The van der Waals surface area contributed by atoms with Crippen molar-refractivity contribution in [2.75, 3.05) is 4.90 Å². The Morgan fingerprint density at radius 1 is 1.18 bits per heavy atom. The van der Waals surface area contributed by atoms with Crippen LogP contribution in [0.5, 0.6) is 0 Å². The average Bonchev–Trinajstić information content (AvgIpc) is 2.71. The number of fused-ring (bicyclic) bond motifs is 1. The molecule has 22 heavy (non-hydrogen) atoms. The zero-order chi connectivity index (χ0) is 16.0. The van der Waals surface area contributed by atoms with Crippen molar-refractivity contribution >= 4 is 23.2 Å². The summed E-state index contributed by atoms with van der Waals surface area (Å²) < 4.78 is 0. The molecular weight excluding hydrogens is 284 g/mol. The smallest absolute Gasteiger partial charge is 0.274 e. The Kier molecular flexibility index (Phi) is 3.31. The molecule has 1 aliphatic carbocycles. The molecule has 114 valence electrons. The molecule has 6 heteroatoms. The van der Waals surface area contributed by atoms with Gasteiger partial charge in [-0.25, -0.2) is 4.90 Å². The van der Waals surface area contributed by atoms with Crippen molar-refractivity contribution in [1.29, 1.82) is 0 Å². The van der Waals surface area contributed by atoms with E-state index in [1.165, 1.54) is 6.07 Å². The molecule has 1 aromatic carbocycles. The molecule has 0 spiro atoms. The first-order chi connectivity index (χ1) is 10.4. The molecule has 2 atom stereocenters. The molecule has 2 amide bonds. The van der Waals surface area contributed by atoms with Gasteiger partial charge in [0.1, 0.15) is 0 Å². The fraction of sp³-hybridized carbons (Fsp3) is 0.375. The molecule has 2 aliphatic rings. The van der Waals surface area contributed by atoms with Gasteiger partial charge in [0.2, 0.25) is 11.8 Å². The van der Waals surface area contributed by atoms with Crippen molar-refractivity contribution in [3.05, 3.63) is 45.5 Å². The normalized spacial score (nSPS) is 24.3. The topological polar surface area (TPSA) is 80.5 Å². The number of nitrogens with zero attached hydrogens (tertiary/aromatic N) is 2. The number of nitro benzene ring substituents is 1. The highest BCUT2D eigenvalue weighted by Crippen LogP contribution is 2.40. The van der Waals surface area contributed by atoms with E-state index in [1.54, 1.807) is 19.1 Å². The summed E-state index contributed by atoms with van der Waals surface area (Å²) in [6.07, 6.45) is 3.14. The maximum absolute atomic E-state index is 12.6. The highest BCUT2D eigenvalue weighted by Gasteiger charge is 2.48. The van der Waals surface area contributed by atoms with Crippen LogP contribution in [0.15, 0.2) is 29.8 Å². The van der Waals surface area contributed by atoms with E-state index in [1.807, 2.05) is 13.0 Å². The minimum Gasteiger partial charge on any atom is -0.274 e. The van der Waals surface area contributed by atoms with E-state index in [4.69, 9.17) is 0 Å². The largest absolute Gasteiger partial charge is 0.274 e. The summed E-state index contributed by atoms with van der Waals surface area (Å²) in [6.45, 7) is 3.58. The van der Waals surface area contributed by atoms with E-state index < -0.39 is 4.92 Å². The number of allylic oxidation sites excluding steroid dienone is 2. The predicted octanol–water partition coefficient (Wildman–Crippen LogP) is 2.75. The van der Waals surface area contributed by atoms with Crippen LogP contribution in [-0.4, -0.2) is 16.7 Å². The lowest BCUT2D eigenvalue weighted by Gasteiger charge is -2.18. The Balaban J connectivity index is 2.00. The SMILES string of the molecule is CC1=CCC2C(=O)N(c3ccc(C)c([N+](=O)[O-])c3)C(=O)C2C1. The Labute approximate surface area is 127 Å². The van der Waals surface area contributed by atoms with Crippen molar-refractivity contribution in [2.45, 2.75) is 26.7 Å². The first-order valence-corrected chi connectivity index (χ1v) is 7.18.